The maximum absolute atomic E-state index is 12.7. The molecule has 0 unspecified atom stereocenters. The van der Waals surface area contributed by atoms with Crippen molar-refractivity contribution in [2.24, 2.45) is 0 Å². The number of aryl methyl sites for hydroxylation is 1. The smallest absolute Gasteiger partial charge is 0.338 e. The third kappa shape index (κ3) is 4.20. The Morgan fingerprint density at radius 1 is 1.08 bits per heavy atom. The lowest BCUT2D eigenvalue weighted by Crippen LogP contribution is -2.16. The Balaban J connectivity index is 2.35. The van der Waals surface area contributed by atoms with E-state index >= 15 is 0 Å². The van der Waals surface area contributed by atoms with E-state index in [1.807, 2.05) is 0 Å². The molecule has 0 heterocycles. The van der Waals surface area contributed by atoms with Crippen molar-refractivity contribution in [1.29, 1.82) is 0 Å². The molecule has 2 N–H and O–H groups in total. The van der Waals surface area contributed by atoms with Crippen LogP contribution in [0.4, 0.5) is 5.69 Å². The first-order valence-electron chi connectivity index (χ1n) is 7.80. The molecule has 138 valence electrons. The van der Waals surface area contributed by atoms with Gasteiger partial charge in [0.25, 0.3) is 10.0 Å². The lowest BCUT2D eigenvalue weighted by molar-refractivity contribution is 0.0526. The van der Waals surface area contributed by atoms with E-state index in [4.69, 9.17) is 9.84 Å². The monoisotopic (exact) mass is 377 g/mol. The first-order valence-corrected chi connectivity index (χ1v) is 9.28. The van der Waals surface area contributed by atoms with Crippen LogP contribution in [-0.2, 0) is 14.8 Å². The number of benzene rings is 2. The molecular weight excluding hydrogens is 358 g/mol. The van der Waals surface area contributed by atoms with Crippen LogP contribution in [0.2, 0.25) is 0 Å². The summed E-state index contributed by atoms with van der Waals surface area (Å²) in [5.41, 5.74) is 1.46. The molecule has 0 radical (unpaired) electrons. The normalized spacial score (nSPS) is 11.0. The van der Waals surface area contributed by atoms with Crippen molar-refractivity contribution in [3.8, 4) is 0 Å². The first-order chi connectivity index (χ1) is 12.2. The number of carboxylic acid groups (broad SMARTS) is 1. The highest BCUT2D eigenvalue weighted by molar-refractivity contribution is 7.92. The van der Waals surface area contributed by atoms with Crippen molar-refractivity contribution in [3.05, 3.63) is 58.7 Å². The second-order valence-corrected chi connectivity index (χ2v) is 7.28. The molecule has 2 aromatic carbocycles. The van der Waals surface area contributed by atoms with Gasteiger partial charge in [-0.15, -0.1) is 0 Å². The van der Waals surface area contributed by atoms with Crippen LogP contribution in [-0.4, -0.2) is 32.1 Å². The number of carbonyl (C=O) groups is 2. The zero-order valence-electron chi connectivity index (χ0n) is 14.6. The zero-order chi connectivity index (χ0) is 19.5. The highest BCUT2D eigenvalue weighted by Crippen LogP contribution is 2.24. The molecule has 0 aliphatic heterocycles. The molecule has 0 saturated carbocycles. The van der Waals surface area contributed by atoms with E-state index in [0.29, 0.717) is 16.7 Å². The van der Waals surface area contributed by atoms with Crippen LogP contribution in [0, 0.1) is 13.8 Å². The molecule has 0 atom stereocenters. The SMILES string of the molecule is CCOC(=O)c1ccc(NS(=O)(=O)c2cc(C(=O)O)cc(C)c2C)cc1. The lowest BCUT2D eigenvalue weighted by atomic mass is 10.1. The first kappa shape index (κ1) is 19.5. The van der Waals surface area contributed by atoms with Gasteiger partial charge in [-0.3, -0.25) is 4.72 Å². The Morgan fingerprint density at radius 2 is 1.69 bits per heavy atom. The molecule has 0 aromatic heterocycles. The molecule has 0 aliphatic carbocycles. The number of hydrogen-bond donors (Lipinski definition) is 2. The second kappa shape index (κ2) is 7.57. The Labute approximate surface area is 151 Å². The average molecular weight is 377 g/mol. The number of carboxylic acids is 1. The summed E-state index contributed by atoms with van der Waals surface area (Å²) in [6.07, 6.45) is 0. The molecule has 2 aromatic rings. The second-order valence-electron chi connectivity index (χ2n) is 5.62. The van der Waals surface area contributed by atoms with Gasteiger partial charge >= 0.3 is 11.9 Å². The molecule has 0 bridgehead atoms. The largest absolute Gasteiger partial charge is 0.478 e. The number of esters is 1. The Morgan fingerprint density at radius 3 is 2.23 bits per heavy atom. The summed E-state index contributed by atoms with van der Waals surface area (Å²) in [7, 11) is -4.00. The molecule has 0 spiro atoms. The minimum atomic E-state index is -4.00. The van der Waals surface area contributed by atoms with Gasteiger partial charge in [-0.05, 0) is 68.3 Å². The van der Waals surface area contributed by atoms with Gasteiger partial charge in [0, 0.05) is 5.69 Å². The highest BCUT2D eigenvalue weighted by Gasteiger charge is 2.21. The minimum Gasteiger partial charge on any atom is -0.478 e. The summed E-state index contributed by atoms with van der Waals surface area (Å²) in [4.78, 5) is 22.7. The van der Waals surface area contributed by atoms with Crippen molar-refractivity contribution in [1.82, 2.24) is 0 Å². The molecule has 0 saturated heterocycles. The summed E-state index contributed by atoms with van der Waals surface area (Å²) < 4.78 is 32.6. The van der Waals surface area contributed by atoms with Crippen LogP contribution in [0.5, 0.6) is 0 Å². The molecule has 0 fully saturated rings. The van der Waals surface area contributed by atoms with Crippen molar-refractivity contribution in [3.63, 3.8) is 0 Å². The van der Waals surface area contributed by atoms with Crippen LogP contribution in [0.15, 0.2) is 41.3 Å². The van der Waals surface area contributed by atoms with E-state index in [1.165, 1.54) is 30.3 Å². The number of nitrogens with one attached hydrogen (secondary N) is 1. The van der Waals surface area contributed by atoms with Gasteiger partial charge in [-0.2, -0.15) is 0 Å². The van der Waals surface area contributed by atoms with E-state index in [2.05, 4.69) is 4.72 Å². The fourth-order valence-electron chi connectivity index (χ4n) is 2.33. The summed E-state index contributed by atoms with van der Waals surface area (Å²) in [5.74, 6) is -1.70. The van der Waals surface area contributed by atoms with Crippen molar-refractivity contribution in [2.75, 3.05) is 11.3 Å². The van der Waals surface area contributed by atoms with Crippen LogP contribution < -0.4 is 4.72 Å². The maximum Gasteiger partial charge on any atom is 0.338 e. The summed E-state index contributed by atoms with van der Waals surface area (Å²) >= 11 is 0. The standard InChI is InChI=1S/C18H19NO6S/c1-4-25-18(22)13-5-7-15(8-6-13)19-26(23,24)16-10-14(17(20)21)9-11(2)12(16)3/h5-10,19H,4H2,1-3H3,(H,20,21). The number of aromatic carboxylic acids is 1. The molecule has 8 heteroatoms. The van der Waals surface area contributed by atoms with Crippen molar-refractivity contribution < 1.29 is 27.9 Å². The predicted molar refractivity (Wildman–Crippen MR) is 96.1 cm³/mol. The Hall–Kier alpha value is -2.87. The van der Waals surface area contributed by atoms with Gasteiger partial charge in [-0.1, -0.05) is 0 Å². The van der Waals surface area contributed by atoms with Gasteiger partial charge in [0.05, 0.1) is 22.6 Å². The molecule has 7 nitrogen and oxygen atoms in total. The van der Waals surface area contributed by atoms with Gasteiger partial charge in [0.15, 0.2) is 0 Å². The van der Waals surface area contributed by atoms with E-state index in [1.54, 1.807) is 20.8 Å². The molecular formula is C18H19NO6S. The number of rotatable bonds is 6. The van der Waals surface area contributed by atoms with E-state index < -0.39 is 22.0 Å². The van der Waals surface area contributed by atoms with E-state index in [9.17, 15) is 18.0 Å². The topological polar surface area (TPSA) is 110 Å². The van der Waals surface area contributed by atoms with Gasteiger partial charge in [0.1, 0.15) is 0 Å². The van der Waals surface area contributed by atoms with Crippen LogP contribution >= 0.6 is 0 Å². The van der Waals surface area contributed by atoms with Crippen molar-refractivity contribution >= 4 is 27.6 Å². The summed E-state index contributed by atoms with van der Waals surface area (Å²) in [6.45, 7) is 5.19. The Kier molecular flexibility index (Phi) is 5.66. The van der Waals surface area contributed by atoms with Crippen LogP contribution in [0.1, 0.15) is 38.8 Å². The van der Waals surface area contributed by atoms with Crippen LogP contribution in [0.3, 0.4) is 0 Å². The van der Waals surface area contributed by atoms with Crippen LogP contribution in [0.25, 0.3) is 0 Å². The number of hydrogen-bond acceptors (Lipinski definition) is 5. The molecule has 0 amide bonds. The zero-order valence-corrected chi connectivity index (χ0v) is 15.4. The number of carbonyl (C=O) groups excluding carboxylic acids is 1. The number of sulfonamides is 1. The van der Waals surface area contributed by atoms with E-state index in [-0.39, 0.29) is 22.8 Å². The fraction of sp³-hybridized carbons (Fsp3) is 0.222. The fourth-order valence-corrected chi connectivity index (χ4v) is 3.73. The van der Waals surface area contributed by atoms with Gasteiger partial charge < -0.3 is 9.84 Å². The third-order valence-corrected chi connectivity index (χ3v) is 5.31. The average Bonchev–Trinajstić information content (AvgIpc) is 2.57. The maximum atomic E-state index is 12.7. The molecule has 26 heavy (non-hydrogen) atoms. The summed E-state index contributed by atoms with van der Waals surface area (Å²) in [5, 5.41) is 9.15. The predicted octanol–water partition coefficient (Wildman–Crippen LogP) is 2.98. The van der Waals surface area contributed by atoms with Crippen molar-refractivity contribution in [2.45, 2.75) is 25.7 Å². The van der Waals surface area contributed by atoms with Gasteiger partial charge in [-0.25, -0.2) is 18.0 Å². The van der Waals surface area contributed by atoms with E-state index in [0.717, 1.165) is 6.07 Å². The molecule has 0 aliphatic rings. The van der Waals surface area contributed by atoms with Gasteiger partial charge in [0.2, 0.25) is 0 Å². The lowest BCUT2D eigenvalue weighted by Gasteiger charge is -2.13. The Bertz CT molecular complexity index is 948. The number of ether oxygens (including phenoxy) is 1. The highest BCUT2D eigenvalue weighted by atomic mass is 32.2. The number of anilines is 1. The third-order valence-electron chi connectivity index (χ3n) is 3.80. The quantitative estimate of drug-likeness (QED) is 0.749. The molecule has 2 rings (SSSR count). The summed E-state index contributed by atoms with van der Waals surface area (Å²) in [6, 6.07) is 8.31. The minimum absolute atomic E-state index is 0.105.